The Kier molecular flexibility index (Phi) is 11.0. The van der Waals surface area contributed by atoms with Gasteiger partial charge >= 0.3 is 0 Å². The summed E-state index contributed by atoms with van der Waals surface area (Å²) in [7, 11) is -2.29. The summed E-state index contributed by atoms with van der Waals surface area (Å²) in [4.78, 5) is 28.1. The molecule has 0 aliphatic rings. The van der Waals surface area contributed by atoms with Gasteiger partial charge < -0.3 is 15.0 Å². The van der Waals surface area contributed by atoms with Crippen molar-refractivity contribution in [3.05, 3.63) is 60.2 Å². The predicted octanol–water partition coefficient (Wildman–Crippen LogP) is 3.23. The zero-order chi connectivity index (χ0) is 25.8. The first-order valence-electron chi connectivity index (χ1n) is 11.9. The van der Waals surface area contributed by atoms with Crippen LogP contribution in [0.5, 0.6) is 5.75 Å². The van der Waals surface area contributed by atoms with Crippen LogP contribution in [-0.2, 0) is 26.0 Å². The third-order valence-electron chi connectivity index (χ3n) is 5.72. The van der Waals surface area contributed by atoms with Crippen molar-refractivity contribution >= 4 is 27.5 Å². The fraction of sp³-hybridized carbons (Fsp3) is 0.462. The molecule has 2 aromatic carbocycles. The summed E-state index contributed by atoms with van der Waals surface area (Å²) < 4.78 is 31.6. The number of anilines is 1. The van der Waals surface area contributed by atoms with Crippen LogP contribution in [0.3, 0.4) is 0 Å². The van der Waals surface area contributed by atoms with Crippen LogP contribution in [0.2, 0.25) is 0 Å². The molecule has 2 rings (SSSR count). The van der Waals surface area contributed by atoms with E-state index in [1.54, 1.807) is 24.3 Å². The van der Waals surface area contributed by atoms with Crippen molar-refractivity contribution in [2.75, 3.05) is 37.3 Å². The molecule has 0 saturated carbocycles. The Bertz CT molecular complexity index is 1060. The first-order chi connectivity index (χ1) is 16.7. The van der Waals surface area contributed by atoms with E-state index in [9.17, 15) is 18.0 Å². The molecule has 9 heteroatoms. The van der Waals surface area contributed by atoms with Gasteiger partial charge in [0.1, 0.15) is 18.3 Å². The highest BCUT2D eigenvalue weighted by Crippen LogP contribution is 2.23. The van der Waals surface area contributed by atoms with E-state index in [0.29, 0.717) is 30.8 Å². The lowest BCUT2D eigenvalue weighted by atomic mass is 10.1. The molecule has 35 heavy (non-hydrogen) atoms. The van der Waals surface area contributed by atoms with Gasteiger partial charge in [0.25, 0.3) is 0 Å². The Labute approximate surface area is 209 Å². The molecule has 0 radical (unpaired) electrons. The van der Waals surface area contributed by atoms with Gasteiger partial charge in [-0.2, -0.15) is 0 Å². The van der Waals surface area contributed by atoms with Crippen LogP contribution in [0, 0.1) is 0 Å². The number of rotatable bonds is 14. The van der Waals surface area contributed by atoms with Crippen LogP contribution in [0.15, 0.2) is 54.6 Å². The smallest absolute Gasteiger partial charge is 0.244 e. The van der Waals surface area contributed by atoms with E-state index < -0.39 is 28.5 Å². The van der Waals surface area contributed by atoms with Gasteiger partial charge in [-0.1, -0.05) is 56.7 Å². The lowest BCUT2D eigenvalue weighted by Crippen LogP contribution is -2.53. The van der Waals surface area contributed by atoms with Crippen LogP contribution >= 0.6 is 0 Å². The summed E-state index contributed by atoms with van der Waals surface area (Å²) in [6.45, 7) is 4.30. The number of sulfonamides is 1. The quantitative estimate of drug-likeness (QED) is 0.400. The van der Waals surface area contributed by atoms with E-state index in [1.807, 2.05) is 44.2 Å². The maximum atomic E-state index is 13.6. The molecule has 0 unspecified atom stereocenters. The normalized spacial score (nSPS) is 12.0. The third kappa shape index (κ3) is 8.58. The van der Waals surface area contributed by atoms with Crippen molar-refractivity contribution in [1.82, 2.24) is 10.2 Å². The number of carbonyl (C=O) groups excluding carboxylic acids is 2. The van der Waals surface area contributed by atoms with Crippen molar-refractivity contribution in [3.8, 4) is 5.75 Å². The number of hydrogen-bond donors (Lipinski definition) is 1. The summed E-state index contributed by atoms with van der Waals surface area (Å²) in [5.41, 5.74) is 1.35. The van der Waals surface area contributed by atoms with E-state index in [2.05, 4.69) is 5.32 Å². The highest BCUT2D eigenvalue weighted by atomic mass is 32.2. The second kappa shape index (κ2) is 13.7. The number of methoxy groups -OCH3 is 1. The molecular weight excluding hydrogens is 466 g/mol. The SMILES string of the molecule is CCCCNC(=O)[C@H](CC)N(CCc1ccccc1)C(=O)CN(c1cccc(OC)c1)S(C)(=O)=O. The topological polar surface area (TPSA) is 96.0 Å². The first-order valence-corrected chi connectivity index (χ1v) is 13.8. The molecule has 0 saturated heterocycles. The number of amides is 2. The van der Waals surface area contributed by atoms with Gasteiger partial charge in [-0.3, -0.25) is 13.9 Å². The molecule has 1 N–H and O–H groups in total. The zero-order valence-electron chi connectivity index (χ0n) is 21.1. The number of benzene rings is 2. The van der Waals surface area contributed by atoms with Crippen molar-refractivity contribution in [2.45, 2.75) is 45.6 Å². The minimum atomic E-state index is -3.78. The standard InChI is InChI=1S/C26H37N3O5S/c1-5-7-17-27-26(31)24(6-2)28(18-16-21-12-9-8-10-13-21)25(30)20-29(35(4,32)33)22-14-11-15-23(19-22)34-3/h8-15,19,24H,5-7,16-18,20H2,1-4H3,(H,27,31)/t24-/m0/s1. The van der Waals surface area contributed by atoms with E-state index in [0.717, 1.165) is 29.0 Å². The van der Waals surface area contributed by atoms with Crippen LogP contribution in [0.4, 0.5) is 5.69 Å². The molecule has 1 atom stereocenters. The van der Waals surface area contributed by atoms with Crippen LogP contribution < -0.4 is 14.4 Å². The fourth-order valence-corrected chi connectivity index (χ4v) is 4.62. The Balaban J connectivity index is 2.33. The molecule has 8 nitrogen and oxygen atoms in total. The molecule has 0 aliphatic heterocycles. The van der Waals surface area contributed by atoms with E-state index in [-0.39, 0.29) is 12.5 Å². The number of unbranched alkanes of at least 4 members (excludes halogenated alkanes) is 1. The van der Waals surface area contributed by atoms with Crippen LogP contribution in [0.25, 0.3) is 0 Å². The van der Waals surface area contributed by atoms with E-state index >= 15 is 0 Å². The first kappa shape index (κ1) is 28.2. The minimum absolute atomic E-state index is 0.227. The van der Waals surface area contributed by atoms with Gasteiger partial charge in [-0.15, -0.1) is 0 Å². The van der Waals surface area contributed by atoms with Crippen LogP contribution in [0.1, 0.15) is 38.7 Å². The van der Waals surface area contributed by atoms with Gasteiger partial charge in [-0.25, -0.2) is 8.42 Å². The number of nitrogens with one attached hydrogen (secondary N) is 1. The van der Waals surface area contributed by atoms with E-state index in [1.165, 1.54) is 12.0 Å². The Morgan fingerprint density at radius 1 is 1.06 bits per heavy atom. The number of carbonyl (C=O) groups is 2. The molecule has 0 heterocycles. The lowest BCUT2D eigenvalue weighted by Gasteiger charge is -2.33. The van der Waals surface area contributed by atoms with Crippen molar-refractivity contribution in [3.63, 3.8) is 0 Å². The van der Waals surface area contributed by atoms with Crippen molar-refractivity contribution in [1.29, 1.82) is 0 Å². The summed E-state index contributed by atoms with van der Waals surface area (Å²) >= 11 is 0. The minimum Gasteiger partial charge on any atom is -0.497 e. The second-order valence-electron chi connectivity index (χ2n) is 8.36. The number of hydrogen-bond acceptors (Lipinski definition) is 5. The highest BCUT2D eigenvalue weighted by Gasteiger charge is 2.31. The molecule has 0 bridgehead atoms. The molecule has 0 aromatic heterocycles. The van der Waals surface area contributed by atoms with Gasteiger partial charge in [0.2, 0.25) is 21.8 Å². The van der Waals surface area contributed by atoms with Crippen molar-refractivity contribution in [2.24, 2.45) is 0 Å². The molecular formula is C26H37N3O5S. The second-order valence-corrected chi connectivity index (χ2v) is 10.3. The highest BCUT2D eigenvalue weighted by molar-refractivity contribution is 7.92. The number of ether oxygens (including phenoxy) is 1. The molecule has 2 amide bonds. The van der Waals surface area contributed by atoms with Gasteiger partial charge in [0, 0.05) is 19.2 Å². The summed E-state index contributed by atoms with van der Waals surface area (Å²) in [5, 5.41) is 2.92. The van der Waals surface area contributed by atoms with Gasteiger partial charge in [0.15, 0.2) is 0 Å². The molecule has 0 spiro atoms. The molecule has 192 valence electrons. The summed E-state index contributed by atoms with van der Waals surface area (Å²) in [5.74, 6) is -0.187. The molecule has 0 aliphatic carbocycles. The average molecular weight is 504 g/mol. The summed E-state index contributed by atoms with van der Waals surface area (Å²) in [6.07, 6.45) is 3.80. The fourth-order valence-electron chi connectivity index (χ4n) is 3.78. The third-order valence-corrected chi connectivity index (χ3v) is 6.86. The van der Waals surface area contributed by atoms with E-state index in [4.69, 9.17) is 4.74 Å². The lowest BCUT2D eigenvalue weighted by molar-refractivity contribution is -0.139. The maximum Gasteiger partial charge on any atom is 0.244 e. The predicted molar refractivity (Wildman–Crippen MR) is 139 cm³/mol. The Morgan fingerprint density at radius 2 is 1.77 bits per heavy atom. The Hall–Kier alpha value is -3.07. The van der Waals surface area contributed by atoms with Gasteiger partial charge in [-0.05, 0) is 37.0 Å². The zero-order valence-corrected chi connectivity index (χ0v) is 21.9. The maximum absolute atomic E-state index is 13.6. The molecule has 2 aromatic rings. The largest absolute Gasteiger partial charge is 0.497 e. The molecule has 0 fully saturated rings. The number of nitrogens with zero attached hydrogens (tertiary/aromatic N) is 2. The van der Waals surface area contributed by atoms with Crippen molar-refractivity contribution < 1.29 is 22.7 Å². The van der Waals surface area contributed by atoms with Gasteiger partial charge in [0.05, 0.1) is 19.1 Å². The summed E-state index contributed by atoms with van der Waals surface area (Å²) in [6, 6.07) is 15.5. The van der Waals surface area contributed by atoms with Crippen LogP contribution in [-0.4, -0.2) is 64.2 Å². The average Bonchev–Trinajstić information content (AvgIpc) is 2.84. The Morgan fingerprint density at radius 3 is 2.37 bits per heavy atom. The monoisotopic (exact) mass is 503 g/mol.